The summed E-state index contributed by atoms with van der Waals surface area (Å²) in [6, 6.07) is 2.49. The smallest absolute Gasteiger partial charge is 0.307 e. The minimum absolute atomic E-state index is 0.299. The minimum atomic E-state index is -0.867. The van der Waals surface area contributed by atoms with E-state index in [1.165, 1.54) is 6.07 Å². The van der Waals surface area contributed by atoms with E-state index in [0.717, 1.165) is 5.56 Å². The molecule has 2 unspecified atom stereocenters. The normalized spacial score (nSPS) is 23.9. The Labute approximate surface area is 98.1 Å². The SMILES string of the molecule is Cc1ccc(F)c(O)c1C1CC(C(=O)O)CN1. The fourth-order valence-electron chi connectivity index (χ4n) is 2.27. The van der Waals surface area contributed by atoms with Crippen LogP contribution in [-0.4, -0.2) is 22.7 Å². The second-order valence-electron chi connectivity index (χ2n) is 4.36. The summed E-state index contributed by atoms with van der Waals surface area (Å²) in [5.41, 5.74) is 1.22. The maximum absolute atomic E-state index is 13.3. The Bertz CT molecular complexity index is 461. The largest absolute Gasteiger partial charge is 0.505 e. The van der Waals surface area contributed by atoms with Crippen LogP contribution in [0.15, 0.2) is 12.1 Å². The van der Waals surface area contributed by atoms with Crippen LogP contribution in [0.4, 0.5) is 4.39 Å². The molecule has 1 saturated heterocycles. The number of carbonyl (C=O) groups is 1. The number of nitrogens with one attached hydrogen (secondary N) is 1. The van der Waals surface area contributed by atoms with Crippen LogP contribution in [0.2, 0.25) is 0 Å². The molecule has 1 aliphatic heterocycles. The predicted molar refractivity (Wildman–Crippen MR) is 59.3 cm³/mol. The molecule has 0 bridgehead atoms. The molecule has 1 aromatic carbocycles. The fourth-order valence-corrected chi connectivity index (χ4v) is 2.27. The van der Waals surface area contributed by atoms with Crippen LogP contribution < -0.4 is 5.32 Å². The molecule has 1 heterocycles. The number of carboxylic acids is 1. The highest BCUT2D eigenvalue weighted by Gasteiger charge is 2.32. The standard InChI is InChI=1S/C12H14FNO3/c1-6-2-3-8(13)11(15)10(6)9-4-7(5-14-9)12(16)17/h2-3,7,9,14-15H,4-5H2,1H3,(H,16,17). The molecule has 0 amide bonds. The van der Waals surface area contributed by atoms with Gasteiger partial charge in [0.15, 0.2) is 11.6 Å². The van der Waals surface area contributed by atoms with Crippen molar-refractivity contribution in [3.8, 4) is 5.75 Å². The molecule has 0 spiro atoms. The van der Waals surface area contributed by atoms with Gasteiger partial charge in [-0.25, -0.2) is 4.39 Å². The molecule has 4 nitrogen and oxygen atoms in total. The van der Waals surface area contributed by atoms with Crippen molar-refractivity contribution in [1.82, 2.24) is 5.32 Å². The van der Waals surface area contributed by atoms with Gasteiger partial charge in [-0.1, -0.05) is 6.07 Å². The lowest BCUT2D eigenvalue weighted by molar-refractivity contribution is -0.141. The van der Waals surface area contributed by atoms with Crippen LogP contribution in [0.5, 0.6) is 5.75 Å². The molecule has 3 N–H and O–H groups in total. The molecule has 1 aliphatic rings. The number of phenolic OH excluding ortho intramolecular Hbond substituents is 1. The lowest BCUT2D eigenvalue weighted by atomic mass is 9.95. The van der Waals surface area contributed by atoms with Crippen molar-refractivity contribution in [2.75, 3.05) is 6.54 Å². The van der Waals surface area contributed by atoms with E-state index in [9.17, 15) is 14.3 Å². The molecule has 2 rings (SSSR count). The first kappa shape index (κ1) is 11.9. The average molecular weight is 239 g/mol. The Morgan fingerprint density at radius 2 is 2.24 bits per heavy atom. The van der Waals surface area contributed by atoms with Crippen molar-refractivity contribution in [3.63, 3.8) is 0 Å². The summed E-state index contributed by atoms with van der Waals surface area (Å²) >= 11 is 0. The predicted octanol–water partition coefficient (Wildman–Crippen LogP) is 1.57. The van der Waals surface area contributed by atoms with Gasteiger partial charge in [0, 0.05) is 18.2 Å². The number of benzene rings is 1. The molecule has 0 aromatic heterocycles. The van der Waals surface area contributed by atoms with E-state index in [2.05, 4.69) is 5.32 Å². The lowest BCUT2D eigenvalue weighted by Crippen LogP contribution is -2.17. The number of carboxylic acid groups (broad SMARTS) is 1. The van der Waals surface area contributed by atoms with Gasteiger partial charge in [-0.2, -0.15) is 0 Å². The van der Waals surface area contributed by atoms with Crippen LogP contribution in [0, 0.1) is 18.7 Å². The first-order chi connectivity index (χ1) is 8.00. The van der Waals surface area contributed by atoms with E-state index in [-0.39, 0.29) is 11.8 Å². The van der Waals surface area contributed by atoms with Gasteiger partial charge in [0.05, 0.1) is 5.92 Å². The molecule has 17 heavy (non-hydrogen) atoms. The Balaban J connectivity index is 2.30. The van der Waals surface area contributed by atoms with E-state index in [4.69, 9.17) is 5.11 Å². The molecule has 2 atom stereocenters. The van der Waals surface area contributed by atoms with Crippen LogP contribution in [-0.2, 0) is 4.79 Å². The maximum atomic E-state index is 13.3. The first-order valence-electron chi connectivity index (χ1n) is 5.45. The van der Waals surface area contributed by atoms with Gasteiger partial charge in [0.1, 0.15) is 0 Å². The number of aromatic hydroxyl groups is 1. The summed E-state index contributed by atoms with van der Waals surface area (Å²) in [5.74, 6) is -2.41. The van der Waals surface area contributed by atoms with E-state index in [0.29, 0.717) is 18.5 Å². The van der Waals surface area contributed by atoms with Gasteiger partial charge in [-0.3, -0.25) is 4.79 Å². The van der Waals surface area contributed by atoms with Gasteiger partial charge < -0.3 is 15.5 Å². The van der Waals surface area contributed by atoms with Gasteiger partial charge in [-0.15, -0.1) is 0 Å². The first-order valence-corrected chi connectivity index (χ1v) is 5.45. The number of hydrogen-bond acceptors (Lipinski definition) is 3. The number of phenols is 1. The highest BCUT2D eigenvalue weighted by Crippen LogP contribution is 2.36. The molecular formula is C12H14FNO3. The monoisotopic (exact) mass is 239 g/mol. The zero-order chi connectivity index (χ0) is 12.6. The number of hydrogen-bond donors (Lipinski definition) is 3. The van der Waals surface area contributed by atoms with Crippen molar-refractivity contribution >= 4 is 5.97 Å². The van der Waals surface area contributed by atoms with E-state index in [1.54, 1.807) is 13.0 Å². The average Bonchev–Trinajstić information content (AvgIpc) is 2.73. The summed E-state index contributed by atoms with van der Waals surface area (Å²) in [7, 11) is 0. The van der Waals surface area contributed by atoms with Crippen molar-refractivity contribution in [2.24, 2.45) is 5.92 Å². The van der Waals surface area contributed by atoms with Crippen molar-refractivity contribution in [3.05, 3.63) is 29.1 Å². The third-order valence-electron chi connectivity index (χ3n) is 3.21. The summed E-state index contributed by atoms with van der Waals surface area (Å²) in [4.78, 5) is 10.8. The summed E-state index contributed by atoms with van der Waals surface area (Å²) < 4.78 is 13.3. The molecular weight excluding hydrogens is 225 g/mol. The van der Waals surface area contributed by atoms with Crippen LogP contribution in [0.3, 0.4) is 0 Å². The van der Waals surface area contributed by atoms with Crippen LogP contribution in [0.25, 0.3) is 0 Å². The van der Waals surface area contributed by atoms with Gasteiger partial charge in [0.25, 0.3) is 0 Å². The third kappa shape index (κ3) is 2.10. The third-order valence-corrected chi connectivity index (χ3v) is 3.21. The quantitative estimate of drug-likeness (QED) is 0.732. The van der Waals surface area contributed by atoms with Gasteiger partial charge in [-0.05, 0) is 25.0 Å². The molecule has 5 heteroatoms. The lowest BCUT2D eigenvalue weighted by Gasteiger charge is -2.15. The molecule has 0 aliphatic carbocycles. The fraction of sp³-hybridized carbons (Fsp3) is 0.417. The zero-order valence-corrected chi connectivity index (χ0v) is 9.40. The highest BCUT2D eigenvalue weighted by atomic mass is 19.1. The summed E-state index contributed by atoms with van der Waals surface area (Å²) in [5, 5.41) is 21.6. The maximum Gasteiger partial charge on any atom is 0.307 e. The summed E-state index contributed by atoms with van der Waals surface area (Å²) in [6.07, 6.45) is 0.368. The van der Waals surface area contributed by atoms with Crippen LogP contribution >= 0.6 is 0 Å². The Morgan fingerprint density at radius 3 is 2.82 bits per heavy atom. The van der Waals surface area contributed by atoms with Crippen molar-refractivity contribution < 1.29 is 19.4 Å². The molecule has 92 valence electrons. The Hall–Kier alpha value is -1.62. The molecule has 0 radical (unpaired) electrons. The molecule has 1 fully saturated rings. The van der Waals surface area contributed by atoms with Crippen LogP contribution in [0.1, 0.15) is 23.6 Å². The van der Waals surface area contributed by atoms with Gasteiger partial charge >= 0.3 is 5.97 Å². The topological polar surface area (TPSA) is 69.6 Å². The number of rotatable bonds is 2. The Morgan fingerprint density at radius 1 is 1.53 bits per heavy atom. The molecule has 0 saturated carbocycles. The Kier molecular flexibility index (Phi) is 3.02. The van der Waals surface area contributed by atoms with Crippen molar-refractivity contribution in [2.45, 2.75) is 19.4 Å². The van der Waals surface area contributed by atoms with E-state index in [1.807, 2.05) is 0 Å². The highest BCUT2D eigenvalue weighted by molar-refractivity contribution is 5.71. The second-order valence-corrected chi connectivity index (χ2v) is 4.36. The minimum Gasteiger partial charge on any atom is -0.505 e. The zero-order valence-electron chi connectivity index (χ0n) is 9.40. The number of halogens is 1. The van der Waals surface area contributed by atoms with E-state index < -0.39 is 17.7 Å². The van der Waals surface area contributed by atoms with Gasteiger partial charge in [0.2, 0.25) is 0 Å². The molecule has 1 aromatic rings. The summed E-state index contributed by atoms with van der Waals surface area (Å²) in [6.45, 7) is 2.11. The number of aliphatic carboxylic acids is 1. The van der Waals surface area contributed by atoms with E-state index >= 15 is 0 Å². The van der Waals surface area contributed by atoms with Crippen molar-refractivity contribution in [1.29, 1.82) is 0 Å². The number of aryl methyl sites for hydroxylation is 1. The second kappa shape index (κ2) is 4.33.